The minimum absolute atomic E-state index is 0.331. The zero-order valence-corrected chi connectivity index (χ0v) is 21.5. The van der Waals surface area contributed by atoms with E-state index >= 15 is 0 Å². The van der Waals surface area contributed by atoms with Crippen molar-refractivity contribution in [2.24, 2.45) is 4.99 Å². The number of hydrogen-bond acceptors (Lipinski definition) is 5. The fraction of sp³-hybridized carbons (Fsp3) is 0.769. The number of allylic oxidation sites excluding steroid dienone is 2. The van der Waals surface area contributed by atoms with Crippen LogP contribution in [0.4, 0.5) is 4.79 Å². The molecule has 0 amide bonds. The van der Waals surface area contributed by atoms with Crippen LogP contribution in [0, 0.1) is 0 Å². The highest BCUT2D eigenvalue weighted by molar-refractivity contribution is 6.11. The monoisotopic (exact) mass is 454 g/mol. The molecule has 0 fully saturated rings. The molecule has 0 spiro atoms. The van der Waals surface area contributed by atoms with Crippen LogP contribution in [0.5, 0.6) is 0 Å². The van der Waals surface area contributed by atoms with E-state index in [0.29, 0.717) is 19.6 Å². The molecule has 186 valence electrons. The Morgan fingerprint density at radius 1 is 1.00 bits per heavy atom. The van der Waals surface area contributed by atoms with E-state index < -0.39 is 6.16 Å². The molecule has 0 rings (SSSR count). The lowest BCUT2D eigenvalue weighted by Gasteiger charge is -2.19. The van der Waals surface area contributed by atoms with Crippen molar-refractivity contribution < 1.29 is 23.7 Å². The van der Waals surface area contributed by atoms with Gasteiger partial charge in [-0.3, -0.25) is 4.99 Å². The van der Waals surface area contributed by atoms with Crippen molar-refractivity contribution in [2.75, 3.05) is 34.0 Å². The quantitative estimate of drug-likeness (QED) is 0.0730. The second kappa shape index (κ2) is 21.0. The van der Waals surface area contributed by atoms with E-state index in [4.69, 9.17) is 14.2 Å². The van der Waals surface area contributed by atoms with Crippen molar-refractivity contribution in [3.63, 3.8) is 0 Å². The van der Waals surface area contributed by atoms with Crippen molar-refractivity contribution in [3.05, 3.63) is 23.5 Å². The SMILES string of the molecule is C/C=C(/OCCCCCC)C(=NC)/C(=C/CC[OH+]C)CC(C)OC(=O)OCCCCCC. The van der Waals surface area contributed by atoms with Crippen LogP contribution in [0.15, 0.2) is 28.5 Å². The fourth-order valence-corrected chi connectivity index (χ4v) is 3.29. The summed E-state index contributed by atoms with van der Waals surface area (Å²) in [6.07, 6.45) is 13.3. The van der Waals surface area contributed by atoms with Gasteiger partial charge in [0, 0.05) is 19.9 Å². The molecule has 0 aromatic heterocycles. The van der Waals surface area contributed by atoms with Crippen LogP contribution in [0.25, 0.3) is 0 Å². The summed E-state index contributed by atoms with van der Waals surface area (Å²) in [5, 5.41) is 0. The highest BCUT2D eigenvalue weighted by Gasteiger charge is 2.19. The predicted molar refractivity (Wildman–Crippen MR) is 134 cm³/mol. The molecular weight excluding hydrogens is 406 g/mol. The molecule has 0 radical (unpaired) electrons. The first-order valence-electron chi connectivity index (χ1n) is 12.4. The molecule has 0 aromatic carbocycles. The van der Waals surface area contributed by atoms with E-state index in [1.54, 1.807) is 14.2 Å². The summed E-state index contributed by atoms with van der Waals surface area (Å²) in [7, 11) is 3.58. The van der Waals surface area contributed by atoms with Crippen LogP contribution in [0.3, 0.4) is 0 Å². The van der Waals surface area contributed by atoms with Gasteiger partial charge >= 0.3 is 6.16 Å². The Morgan fingerprint density at radius 2 is 1.62 bits per heavy atom. The van der Waals surface area contributed by atoms with E-state index in [1.165, 1.54) is 12.8 Å². The first-order valence-corrected chi connectivity index (χ1v) is 12.4. The molecule has 0 aromatic rings. The summed E-state index contributed by atoms with van der Waals surface area (Å²) < 4.78 is 20.9. The van der Waals surface area contributed by atoms with E-state index in [-0.39, 0.29) is 6.10 Å². The second-order valence-electron chi connectivity index (χ2n) is 7.98. The number of unbranched alkanes of at least 4 members (excludes halogenated alkanes) is 6. The molecule has 0 saturated heterocycles. The first kappa shape index (κ1) is 30.2. The molecule has 1 unspecified atom stereocenters. The zero-order chi connectivity index (χ0) is 24.0. The van der Waals surface area contributed by atoms with Gasteiger partial charge in [0.2, 0.25) is 0 Å². The lowest BCUT2D eigenvalue weighted by Crippen LogP contribution is -2.20. The maximum atomic E-state index is 12.0. The minimum atomic E-state index is -0.606. The van der Waals surface area contributed by atoms with Gasteiger partial charge in [0.1, 0.15) is 31.3 Å². The Labute approximate surface area is 196 Å². The minimum Gasteiger partial charge on any atom is -0.492 e. The number of aliphatic hydroxyl groups is 2. The highest BCUT2D eigenvalue weighted by atomic mass is 16.7. The molecule has 1 N–H and O–H groups in total. The van der Waals surface area contributed by atoms with Crippen LogP contribution < -0.4 is 0 Å². The summed E-state index contributed by atoms with van der Waals surface area (Å²) in [6.45, 7) is 10.0. The van der Waals surface area contributed by atoms with Crippen LogP contribution >= 0.6 is 0 Å². The lowest BCUT2D eigenvalue weighted by atomic mass is 10.0. The number of nitrogens with zero attached hydrogens (tertiary/aromatic N) is 1. The third kappa shape index (κ3) is 15.1. The van der Waals surface area contributed by atoms with Crippen molar-refractivity contribution in [3.8, 4) is 0 Å². The molecule has 32 heavy (non-hydrogen) atoms. The van der Waals surface area contributed by atoms with E-state index in [0.717, 1.165) is 68.6 Å². The van der Waals surface area contributed by atoms with Gasteiger partial charge in [0.05, 0.1) is 13.2 Å². The molecule has 1 atom stereocenters. The number of rotatable bonds is 19. The number of carbonyl (C=O) groups excluding carboxylic acids is 1. The average molecular weight is 455 g/mol. The molecule has 0 aliphatic heterocycles. The van der Waals surface area contributed by atoms with Gasteiger partial charge in [-0.2, -0.15) is 0 Å². The zero-order valence-electron chi connectivity index (χ0n) is 21.5. The maximum absolute atomic E-state index is 12.0. The summed E-state index contributed by atoms with van der Waals surface area (Å²) in [5.41, 5.74) is 1.81. The van der Waals surface area contributed by atoms with Crippen molar-refractivity contribution >= 4 is 11.9 Å². The van der Waals surface area contributed by atoms with E-state index in [2.05, 4.69) is 29.7 Å². The largest absolute Gasteiger partial charge is 0.508 e. The number of ether oxygens (including phenoxy) is 4. The van der Waals surface area contributed by atoms with Crippen molar-refractivity contribution in [1.82, 2.24) is 0 Å². The summed E-state index contributed by atoms with van der Waals surface area (Å²) in [6, 6.07) is 0. The van der Waals surface area contributed by atoms with Gasteiger partial charge in [-0.1, -0.05) is 58.4 Å². The maximum Gasteiger partial charge on any atom is 0.508 e. The van der Waals surface area contributed by atoms with Gasteiger partial charge in [0.25, 0.3) is 0 Å². The molecule has 0 aliphatic rings. The number of aliphatic imine (C=N–C) groups is 1. The number of hydrogen-bond donors (Lipinski definition) is 0. The third-order valence-corrected chi connectivity index (χ3v) is 5.04. The van der Waals surface area contributed by atoms with Gasteiger partial charge in [-0.25, -0.2) is 4.79 Å². The van der Waals surface area contributed by atoms with Crippen LogP contribution in [0.2, 0.25) is 0 Å². The molecule has 0 saturated carbocycles. The lowest BCUT2D eigenvalue weighted by molar-refractivity contribution is 0.0188. The van der Waals surface area contributed by atoms with Gasteiger partial charge < -0.3 is 18.9 Å². The van der Waals surface area contributed by atoms with E-state index in [1.807, 2.05) is 19.9 Å². The molecule has 0 aliphatic carbocycles. The molecule has 0 bridgehead atoms. The van der Waals surface area contributed by atoms with Crippen LogP contribution in [-0.4, -0.2) is 56.7 Å². The Balaban J connectivity index is 4.96. The highest BCUT2D eigenvalue weighted by Crippen LogP contribution is 2.19. The third-order valence-electron chi connectivity index (χ3n) is 5.04. The average Bonchev–Trinajstić information content (AvgIpc) is 2.77. The number of carbonyl (C=O) groups is 1. The first-order chi connectivity index (χ1) is 15.5. The Kier molecular flexibility index (Phi) is 19.9. The Morgan fingerprint density at radius 3 is 2.16 bits per heavy atom. The van der Waals surface area contributed by atoms with Gasteiger partial charge in [-0.05, 0) is 38.3 Å². The summed E-state index contributed by atoms with van der Waals surface area (Å²) in [4.78, 5) is 16.6. The smallest absolute Gasteiger partial charge is 0.492 e. The fourth-order valence-electron chi connectivity index (χ4n) is 3.29. The molecule has 6 heteroatoms. The molecular formula is C26H48NO5+. The van der Waals surface area contributed by atoms with Crippen molar-refractivity contribution in [1.29, 1.82) is 0 Å². The molecule has 6 nitrogen and oxygen atoms in total. The Bertz CT molecular complexity index is 569. The standard InChI is InChI=1S/C26H47NO5/c1-7-10-12-14-19-30-24(9-3)25(27-5)23(17-16-18-29-6)21-22(4)32-26(28)31-20-15-13-11-8-2/h9,17,22H,7-8,10-16,18-21H2,1-6H3/p+1/b23-17+,24-9+,27-25?. The predicted octanol–water partition coefficient (Wildman–Crippen LogP) is 6.54. The van der Waals surface area contributed by atoms with Crippen molar-refractivity contribution in [2.45, 2.75) is 98.0 Å². The second-order valence-corrected chi connectivity index (χ2v) is 7.98. The van der Waals surface area contributed by atoms with Crippen LogP contribution in [0.1, 0.15) is 91.9 Å². The van der Waals surface area contributed by atoms with Gasteiger partial charge in [-0.15, -0.1) is 0 Å². The van der Waals surface area contributed by atoms with Gasteiger partial charge in [0.15, 0.2) is 0 Å². The molecule has 0 heterocycles. The normalized spacial score (nSPS) is 13.8. The van der Waals surface area contributed by atoms with E-state index in [9.17, 15) is 4.79 Å². The summed E-state index contributed by atoms with van der Waals surface area (Å²) >= 11 is 0. The van der Waals surface area contributed by atoms with Crippen LogP contribution in [-0.2, 0) is 14.2 Å². The summed E-state index contributed by atoms with van der Waals surface area (Å²) in [5.74, 6) is 0.773. The Hall–Kier alpha value is -1.82. The topological polar surface area (TPSA) is 69.9 Å².